The molecule has 0 fully saturated rings. The van der Waals surface area contributed by atoms with E-state index in [4.69, 9.17) is 14.2 Å². The zero-order valence-corrected chi connectivity index (χ0v) is 54.5. The highest BCUT2D eigenvalue weighted by Crippen LogP contribution is 2.17. The number of carbonyl (C=O) groups is 3. The van der Waals surface area contributed by atoms with Crippen LogP contribution < -0.4 is 0 Å². The number of hydrogen-bond donors (Lipinski definition) is 0. The zero-order chi connectivity index (χ0) is 59.2. The highest BCUT2D eigenvalue weighted by molar-refractivity contribution is 5.71. The monoisotopic (exact) mass is 1140 g/mol. The molecule has 0 aliphatic heterocycles. The Hall–Kier alpha value is -3.41. The number of allylic oxidation sites excluding steroid dienone is 14. The molecular weight excluding hydrogens is 1010 g/mol. The first-order valence-corrected chi connectivity index (χ1v) is 35.6. The van der Waals surface area contributed by atoms with Gasteiger partial charge in [-0.05, 0) is 116 Å². The Labute approximate surface area is 509 Å². The van der Waals surface area contributed by atoms with E-state index in [1.54, 1.807) is 0 Å². The van der Waals surface area contributed by atoms with E-state index in [1.807, 2.05) is 0 Å². The van der Waals surface area contributed by atoms with Crippen LogP contribution in [-0.4, -0.2) is 37.2 Å². The minimum Gasteiger partial charge on any atom is -0.462 e. The van der Waals surface area contributed by atoms with E-state index in [1.165, 1.54) is 231 Å². The van der Waals surface area contributed by atoms with Crippen molar-refractivity contribution in [2.75, 3.05) is 13.2 Å². The van der Waals surface area contributed by atoms with Crippen molar-refractivity contribution in [2.45, 2.75) is 367 Å². The van der Waals surface area contributed by atoms with Gasteiger partial charge in [0.2, 0.25) is 0 Å². The number of esters is 3. The van der Waals surface area contributed by atoms with Crippen LogP contribution in [0.3, 0.4) is 0 Å². The fourth-order valence-electron chi connectivity index (χ4n) is 10.3. The largest absolute Gasteiger partial charge is 0.462 e. The van der Waals surface area contributed by atoms with Crippen LogP contribution in [0.2, 0.25) is 0 Å². The van der Waals surface area contributed by atoms with Gasteiger partial charge in [-0.3, -0.25) is 14.4 Å². The van der Waals surface area contributed by atoms with Crippen molar-refractivity contribution in [2.24, 2.45) is 0 Å². The molecular formula is C76H134O6. The van der Waals surface area contributed by atoms with E-state index in [0.717, 1.165) is 89.9 Å². The van der Waals surface area contributed by atoms with Gasteiger partial charge in [-0.15, -0.1) is 0 Å². The Kier molecular flexibility index (Phi) is 67.2. The second-order valence-electron chi connectivity index (χ2n) is 23.8. The normalized spacial score (nSPS) is 12.6. The molecule has 0 heterocycles. The first-order chi connectivity index (χ1) is 40.5. The van der Waals surface area contributed by atoms with E-state index in [-0.39, 0.29) is 31.1 Å². The van der Waals surface area contributed by atoms with Gasteiger partial charge < -0.3 is 14.2 Å². The van der Waals surface area contributed by atoms with Gasteiger partial charge in [0.1, 0.15) is 13.2 Å². The molecule has 0 bridgehead atoms. The van der Waals surface area contributed by atoms with Crippen LogP contribution in [0.1, 0.15) is 361 Å². The molecule has 0 aromatic heterocycles. The second-order valence-corrected chi connectivity index (χ2v) is 23.8. The summed E-state index contributed by atoms with van der Waals surface area (Å²) in [7, 11) is 0. The zero-order valence-electron chi connectivity index (χ0n) is 54.5. The Morgan fingerprint density at radius 2 is 0.476 bits per heavy atom. The summed E-state index contributed by atoms with van der Waals surface area (Å²) in [6.07, 6.45) is 93.1. The highest BCUT2D eigenvalue weighted by atomic mass is 16.6. The lowest BCUT2D eigenvalue weighted by Gasteiger charge is -2.18. The van der Waals surface area contributed by atoms with Gasteiger partial charge in [-0.25, -0.2) is 0 Å². The van der Waals surface area contributed by atoms with Crippen LogP contribution in [0, 0.1) is 0 Å². The maximum absolute atomic E-state index is 13.0. The summed E-state index contributed by atoms with van der Waals surface area (Å²) >= 11 is 0. The minimum atomic E-state index is -0.782. The number of ether oxygens (including phenoxy) is 3. The predicted molar refractivity (Wildman–Crippen MR) is 358 cm³/mol. The number of rotatable bonds is 65. The van der Waals surface area contributed by atoms with Crippen molar-refractivity contribution in [3.8, 4) is 0 Å². The molecule has 1 unspecified atom stereocenters. The van der Waals surface area contributed by atoms with Crippen LogP contribution >= 0.6 is 0 Å². The van der Waals surface area contributed by atoms with Gasteiger partial charge in [0.05, 0.1) is 0 Å². The third kappa shape index (κ3) is 67.4. The van der Waals surface area contributed by atoms with Crippen molar-refractivity contribution >= 4 is 17.9 Å². The Bertz CT molecular complexity index is 1550. The molecule has 0 radical (unpaired) electrons. The van der Waals surface area contributed by atoms with E-state index in [9.17, 15) is 14.4 Å². The predicted octanol–water partition coefficient (Wildman–Crippen LogP) is 24.6. The molecule has 82 heavy (non-hydrogen) atoms. The van der Waals surface area contributed by atoms with Crippen molar-refractivity contribution < 1.29 is 28.6 Å². The lowest BCUT2D eigenvalue weighted by molar-refractivity contribution is -0.167. The quantitative estimate of drug-likeness (QED) is 0.0261. The van der Waals surface area contributed by atoms with Crippen LogP contribution in [0.5, 0.6) is 0 Å². The standard InChI is InChI=1S/C76H134O6/c1-4-7-10-13-16-19-22-25-28-31-34-35-36-37-38-39-40-41-43-45-48-51-54-57-60-63-66-69-75(78)81-72-73(71-80-74(77)68-65-62-59-56-53-50-47-44-33-30-27-24-21-18-15-12-9-6-3)82-76(79)70-67-64-61-58-55-52-49-46-42-32-29-26-23-20-17-14-11-8-5-2/h7,10,16-17,19-20,25-26,28-30,33-35,73H,4-6,8-9,11-15,18,21-24,27,31-32,36-72H2,1-3H3/b10-7-,19-16-,20-17-,28-25-,29-26-,33-30-,35-34-. The molecule has 0 aliphatic carbocycles. The number of unbranched alkanes of at least 4 members (excludes halogenated alkanes) is 40. The summed E-state index contributed by atoms with van der Waals surface area (Å²) in [6, 6.07) is 0. The van der Waals surface area contributed by atoms with Crippen LogP contribution in [0.25, 0.3) is 0 Å². The second kappa shape index (κ2) is 70.1. The molecule has 474 valence electrons. The van der Waals surface area contributed by atoms with Crippen LogP contribution in [0.4, 0.5) is 0 Å². The molecule has 0 rings (SSSR count). The summed E-state index contributed by atoms with van der Waals surface area (Å²) in [5.74, 6) is -0.866. The Morgan fingerprint density at radius 3 is 0.780 bits per heavy atom. The van der Waals surface area contributed by atoms with Gasteiger partial charge in [0.25, 0.3) is 0 Å². The van der Waals surface area contributed by atoms with E-state index in [0.29, 0.717) is 19.3 Å². The SMILES string of the molecule is CC/C=C\C/C=C\C/C=C\C/C=C\CCCCCCCCCCCCCCCCC(=O)OCC(COC(=O)CCCCCCCCC/C=C\CCCCCCCCC)OC(=O)CCCCCCCCCCC/C=C\C/C=C\CCCCC. The third-order valence-electron chi connectivity index (χ3n) is 15.6. The summed E-state index contributed by atoms with van der Waals surface area (Å²) in [6.45, 7) is 6.55. The maximum atomic E-state index is 13.0. The van der Waals surface area contributed by atoms with Gasteiger partial charge in [0, 0.05) is 19.3 Å². The smallest absolute Gasteiger partial charge is 0.306 e. The summed E-state index contributed by atoms with van der Waals surface area (Å²) < 4.78 is 17.0. The van der Waals surface area contributed by atoms with Gasteiger partial charge in [-0.1, -0.05) is 311 Å². The fourth-order valence-corrected chi connectivity index (χ4v) is 10.3. The third-order valence-corrected chi connectivity index (χ3v) is 15.6. The molecule has 0 aliphatic rings. The molecule has 0 aromatic rings. The van der Waals surface area contributed by atoms with Crippen LogP contribution in [0.15, 0.2) is 85.1 Å². The molecule has 6 nitrogen and oxygen atoms in total. The van der Waals surface area contributed by atoms with Crippen molar-refractivity contribution in [1.82, 2.24) is 0 Å². The fraction of sp³-hybridized carbons (Fsp3) is 0.776. The van der Waals surface area contributed by atoms with Gasteiger partial charge in [-0.2, -0.15) is 0 Å². The van der Waals surface area contributed by atoms with E-state index >= 15 is 0 Å². The Balaban J connectivity index is 4.32. The van der Waals surface area contributed by atoms with Crippen molar-refractivity contribution in [1.29, 1.82) is 0 Å². The van der Waals surface area contributed by atoms with Gasteiger partial charge >= 0.3 is 17.9 Å². The summed E-state index contributed by atoms with van der Waals surface area (Å²) in [5, 5.41) is 0. The molecule has 0 aromatic carbocycles. The van der Waals surface area contributed by atoms with Crippen molar-refractivity contribution in [3.05, 3.63) is 85.1 Å². The molecule has 0 spiro atoms. The summed E-state index contributed by atoms with van der Waals surface area (Å²) in [5.41, 5.74) is 0. The lowest BCUT2D eigenvalue weighted by Crippen LogP contribution is -2.30. The topological polar surface area (TPSA) is 78.9 Å². The van der Waals surface area contributed by atoms with Gasteiger partial charge in [0.15, 0.2) is 6.10 Å². The molecule has 6 heteroatoms. The van der Waals surface area contributed by atoms with Crippen LogP contribution in [-0.2, 0) is 28.6 Å². The first kappa shape index (κ1) is 78.6. The molecule has 0 saturated carbocycles. The number of hydrogen-bond acceptors (Lipinski definition) is 6. The van der Waals surface area contributed by atoms with Crippen molar-refractivity contribution in [3.63, 3.8) is 0 Å². The first-order valence-electron chi connectivity index (χ1n) is 35.6. The molecule has 1 atom stereocenters. The highest BCUT2D eigenvalue weighted by Gasteiger charge is 2.19. The molecule has 0 N–H and O–H groups in total. The average molecular weight is 1140 g/mol. The molecule has 0 amide bonds. The number of carbonyl (C=O) groups excluding carboxylic acids is 3. The lowest BCUT2D eigenvalue weighted by atomic mass is 10.0. The van der Waals surface area contributed by atoms with E-state index in [2.05, 4.69) is 106 Å². The Morgan fingerprint density at radius 1 is 0.256 bits per heavy atom. The minimum absolute atomic E-state index is 0.0770. The average Bonchev–Trinajstić information content (AvgIpc) is 3.47. The maximum Gasteiger partial charge on any atom is 0.306 e. The summed E-state index contributed by atoms with van der Waals surface area (Å²) in [4.78, 5) is 38.5. The molecule has 0 saturated heterocycles. The van der Waals surface area contributed by atoms with E-state index < -0.39 is 6.10 Å².